The van der Waals surface area contributed by atoms with E-state index in [1.54, 1.807) is 11.3 Å². The van der Waals surface area contributed by atoms with Crippen molar-refractivity contribution in [1.82, 2.24) is 10.6 Å². The van der Waals surface area contributed by atoms with Gasteiger partial charge in [0.05, 0.1) is 0 Å². The Morgan fingerprint density at radius 2 is 1.93 bits per heavy atom. The van der Waals surface area contributed by atoms with Gasteiger partial charge in [-0.2, -0.15) is 11.3 Å². The van der Waals surface area contributed by atoms with Crippen molar-refractivity contribution in [3.8, 4) is 0 Å². The summed E-state index contributed by atoms with van der Waals surface area (Å²) in [5.74, 6) is 0. The van der Waals surface area contributed by atoms with E-state index in [1.807, 2.05) is 0 Å². The minimum absolute atomic E-state index is 0.520. The zero-order valence-electron chi connectivity index (χ0n) is 10.1. The molecule has 86 valence electrons. The molecule has 0 spiro atoms. The van der Waals surface area contributed by atoms with E-state index in [0.29, 0.717) is 12.1 Å². The largest absolute Gasteiger partial charge is 0.313 e. The smallest absolute Gasteiger partial charge is 0.0219 e. The Hall–Kier alpha value is -0.380. The summed E-state index contributed by atoms with van der Waals surface area (Å²) in [6.07, 6.45) is 0. The van der Waals surface area contributed by atoms with E-state index >= 15 is 0 Å². The van der Waals surface area contributed by atoms with Gasteiger partial charge in [-0.15, -0.1) is 0 Å². The highest BCUT2D eigenvalue weighted by atomic mass is 32.1. The van der Waals surface area contributed by atoms with Crippen molar-refractivity contribution >= 4 is 11.3 Å². The monoisotopic (exact) mass is 226 g/mol. The second-order valence-electron chi connectivity index (χ2n) is 4.42. The molecule has 2 N–H and O–H groups in total. The summed E-state index contributed by atoms with van der Waals surface area (Å²) >= 11 is 1.78. The summed E-state index contributed by atoms with van der Waals surface area (Å²) in [6.45, 7) is 10.8. The molecule has 1 unspecified atom stereocenters. The average Bonchev–Trinajstić information content (AvgIpc) is 2.58. The van der Waals surface area contributed by atoms with Crippen molar-refractivity contribution in [1.29, 1.82) is 0 Å². The SMILES string of the molecule is Cc1cscc1CNC(C)CNC(C)C. The molecule has 0 aliphatic heterocycles. The van der Waals surface area contributed by atoms with Crippen LogP contribution in [0.4, 0.5) is 0 Å². The molecule has 0 bridgehead atoms. The van der Waals surface area contributed by atoms with Gasteiger partial charge in [-0.3, -0.25) is 0 Å². The zero-order valence-corrected chi connectivity index (χ0v) is 10.9. The van der Waals surface area contributed by atoms with Gasteiger partial charge in [0.2, 0.25) is 0 Å². The van der Waals surface area contributed by atoms with Crippen molar-refractivity contribution in [2.45, 2.75) is 46.3 Å². The Balaban J connectivity index is 2.22. The van der Waals surface area contributed by atoms with Gasteiger partial charge in [0.1, 0.15) is 0 Å². The molecular formula is C12H22N2S. The summed E-state index contributed by atoms with van der Waals surface area (Å²) in [5, 5.41) is 11.4. The molecule has 0 aliphatic rings. The molecule has 1 rings (SSSR count). The second-order valence-corrected chi connectivity index (χ2v) is 5.17. The van der Waals surface area contributed by atoms with Crippen LogP contribution in [-0.2, 0) is 6.54 Å². The Morgan fingerprint density at radius 3 is 2.47 bits per heavy atom. The molecule has 0 amide bonds. The van der Waals surface area contributed by atoms with Crippen LogP contribution in [0.1, 0.15) is 31.9 Å². The first kappa shape index (κ1) is 12.7. The van der Waals surface area contributed by atoms with Crippen molar-refractivity contribution < 1.29 is 0 Å². The van der Waals surface area contributed by atoms with Crippen LogP contribution in [0.2, 0.25) is 0 Å². The average molecular weight is 226 g/mol. The third-order valence-corrected chi connectivity index (χ3v) is 3.35. The number of aryl methyl sites for hydroxylation is 1. The summed E-state index contributed by atoms with van der Waals surface area (Å²) in [4.78, 5) is 0. The van der Waals surface area contributed by atoms with Gasteiger partial charge in [0, 0.05) is 25.2 Å². The standard InChI is InChI=1S/C12H22N2S/c1-9(2)13-5-11(4)14-6-12-8-15-7-10(12)3/h7-9,11,13-14H,5-6H2,1-4H3. The lowest BCUT2D eigenvalue weighted by molar-refractivity contribution is 0.474. The fourth-order valence-electron chi connectivity index (χ4n) is 1.34. The maximum Gasteiger partial charge on any atom is 0.0219 e. The van der Waals surface area contributed by atoms with Gasteiger partial charge in [0.25, 0.3) is 0 Å². The Morgan fingerprint density at radius 1 is 1.20 bits per heavy atom. The van der Waals surface area contributed by atoms with Gasteiger partial charge < -0.3 is 10.6 Å². The fraction of sp³-hybridized carbons (Fsp3) is 0.667. The quantitative estimate of drug-likeness (QED) is 0.779. The molecule has 1 aromatic heterocycles. The summed E-state index contributed by atoms with van der Waals surface area (Å²) in [7, 11) is 0. The van der Waals surface area contributed by atoms with Crippen molar-refractivity contribution in [3.63, 3.8) is 0 Å². The highest BCUT2D eigenvalue weighted by molar-refractivity contribution is 7.08. The third-order valence-electron chi connectivity index (χ3n) is 2.43. The molecule has 0 fully saturated rings. The van der Waals surface area contributed by atoms with Crippen LogP contribution < -0.4 is 10.6 Å². The molecule has 1 atom stereocenters. The van der Waals surface area contributed by atoms with Crippen LogP contribution >= 0.6 is 11.3 Å². The van der Waals surface area contributed by atoms with Crippen LogP contribution in [0.3, 0.4) is 0 Å². The highest BCUT2D eigenvalue weighted by Crippen LogP contribution is 2.13. The molecule has 1 heterocycles. The van der Waals surface area contributed by atoms with E-state index in [-0.39, 0.29) is 0 Å². The predicted octanol–water partition coefficient (Wildman–Crippen LogP) is 2.53. The van der Waals surface area contributed by atoms with Crippen molar-refractivity contribution in [2.24, 2.45) is 0 Å². The van der Waals surface area contributed by atoms with Crippen LogP contribution in [0.25, 0.3) is 0 Å². The molecule has 1 aromatic rings. The predicted molar refractivity (Wildman–Crippen MR) is 68.5 cm³/mol. The molecule has 0 saturated carbocycles. The third kappa shape index (κ3) is 4.78. The second kappa shape index (κ2) is 6.26. The topological polar surface area (TPSA) is 24.1 Å². The molecule has 0 aromatic carbocycles. The number of rotatable bonds is 6. The fourth-order valence-corrected chi connectivity index (χ4v) is 2.19. The number of hydrogen-bond acceptors (Lipinski definition) is 3. The Bertz CT molecular complexity index is 281. The first-order valence-corrected chi connectivity index (χ1v) is 6.52. The van der Waals surface area contributed by atoms with Crippen LogP contribution in [0, 0.1) is 6.92 Å². The minimum Gasteiger partial charge on any atom is -0.313 e. The van der Waals surface area contributed by atoms with E-state index in [9.17, 15) is 0 Å². The maximum atomic E-state index is 3.53. The zero-order chi connectivity index (χ0) is 11.3. The molecule has 0 aliphatic carbocycles. The number of thiophene rings is 1. The number of hydrogen-bond donors (Lipinski definition) is 2. The van der Waals surface area contributed by atoms with E-state index in [1.165, 1.54) is 11.1 Å². The number of nitrogens with one attached hydrogen (secondary N) is 2. The molecular weight excluding hydrogens is 204 g/mol. The van der Waals surface area contributed by atoms with Crippen LogP contribution in [0.5, 0.6) is 0 Å². The normalized spacial score (nSPS) is 13.4. The lowest BCUT2D eigenvalue weighted by Crippen LogP contribution is -2.38. The van der Waals surface area contributed by atoms with Crippen molar-refractivity contribution in [2.75, 3.05) is 6.54 Å². The lowest BCUT2D eigenvalue weighted by Gasteiger charge is -2.16. The molecule has 0 radical (unpaired) electrons. The van der Waals surface area contributed by atoms with Gasteiger partial charge in [0.15, 0.2) is 0 Å². The Labute approximate surface area is 97.1 Å². The van der Waals surface area contributed by atoms with Crippen molar-refractivity contribution in [3.05, 3.63) is 21.9 Å². The van der Waals surface area contributed by atoms with Gasteiger partial charge in [-0.25, -0.2) is 0 Å². The maximum absolute atomic E-state index is 3.53. The first-order chi connectivity index (χ1) is 7.09. The van der Waals surface area contributed by atoms with Gasteiger partial charge in [-0.1, -0.05) is 13.8 Å². The van der Waals surface area contributed by atoms with E-state index in [4.69, 9.17) is 0 Å². The molecule has 15 heavy (non-hydrogen) atoms. The summed E-state index contributed by atoms with van der Waals surface area (Å²) < 4.78 is 0. The molecule has 2 nitrogen and oxygen atoms in total. The van der Waals surface area contributed by atoms with E-state index in [0.717, 1.165) is 13.1 Å². The van der Waals surface area contributed by atoms with E-state index < -0.39 is 0 Å². The highest BCUT2D eigenvalue weighted by Gasteiger charge is 2.04. The first-order valence-electron chi connectivity index (χ1n) is 5.58. The molecule has 3 heteroatoms. The van der Waals surface area contributed by atoms with Gasteiger partial charge in [-0.05, 0) is 35.7 Å². The molecule has 0 saturated heterocycles. The van der Waals surface area contributed by atoms with Crippen LogP contribution in [0.15, 0.2) is 10.8 Å². The van der Waals surface area contributed by atoms with Gasteiger partial charge >= 0.3 is 0 Å². The van der Waals surface area contributed by atoms with E-state index in [2.05, 4.69) is 49.1 Å². The Kier molecular flexibility index (Phi) is 5.29. The summed E-state index contributed by atoms with van der Waals surface area (Å²) in [6, 6.07) is 1.09. The minimum atomic E-state index is 0.520. The lowest BCUT2D eigenvalue weighted by atomic mass is 10.2. The summed E-state index contributed by atoms with van der Waals surface area (Å²) in [5.41, 5.74) is 2.83. The van der Waals surface area contributed by atoms with Crippen LogP contribution in [-0.4, -0.2) is 18.6 Å².